The first-order valence-corrected chi connectivity index (χ1v) is 8.41. The summed E-state index contributed by atoms with van der Waals surface area (Å²) in [6.45, 7) is 10.5. The summed E-state index contributed by atoms with van der Waals surface area (Å²) in [7, 11) is 0. The van der Waals surface area contributed by atoms with Gasteiger partial charge >= 0.3 is 0 Å². The van der Waals surface area contributed by atoms with E-state index < -0.39 is 0 Å². The third kappa shape index (κ3) is 13.8. The molecule has 0 bridgehead atoms. The van der Waals surface area contributed by atoms with E-state index in [1.54, 1.807) is 0 Å². The first-order valence-electron chi connectivity index (χ1n) is 8.41. The molecule has 0 aromatic carbocycles. The Bertz CT molecular complexity index is 233. The molecule has 0 aromatic rings. The van der Waals surface area contributed by atoms with E-state index in [2.05, 4.69) is 0 Å². The molecule has 1 saturated heterocycles. The molecule has 1 heterocycles. The summed E-state index contributed by atoms with van der Waals surface area (Å²) in [6.07, 6.45) is 0.0721. The molecular formula is C16H32O7. The van der Waals surface area contributed by atoms with E-state index in [1.165, 1.54) is 0 Å². The van der Waals surface area contributed by atoms with E-state index >= 15 is 0 Å². The summed E-state index contributed by atoms with van der Waals surface area (Å²) in [5.74, 6) is 0. The van der Waals surface area contributed by atoms with Gasteiger partial charge in [0.25, 0.3) is 0 Å². The van der Waals surface area contributed by atoms with Crippen LogP contribution in [0.25, 0.3) is 0 Å². The van der Waals surface area contributed by atoms with Gasteiger partial charge in [-0.2, -0.15) is 0 Å². The van der Waals surface area contributed by atoms with Crippen LogP contribution in [-0.2, 0) is 33.2 Å². The molecule has 7 heteroatoms. The van der Waals surface area contributed by atoms with Gasteiger partial charge in [-0.3, -0.25) is 0 Å². The number of rotatable bonds is 3. The van der Waals surface area contributed by atoms with Crippen LogP contribution in [0.5, 0.6) is 0 Å². The van der Waals surface area contributed by atoms with E-state index in [-0.39, 0.29) is 12.2 Å². The monoisotopic (exact) mass is 336 g/mol. The zero-order chi connectivity index (χ0) is 16.6. The molecule has 7 nitrogen and oxygen atoms in total. The van der Waals surface area contributed by atoms with Crippen molar-refractivity contribution in [3.05, 3.63) is 0 Å². The van der Waals surface area contributed by atoms with Gasteiger partial charge in [-0.15, -0.1) is 0 Å². The third-order valence-electron chi connectivity index (χ3n) is 2.99. The van der Waals surface area contributed by atoms with E-state index in [0.29, 0.717) is 79.3 Å². The third-order valence-corrected chi connectivity index (χ3v) is 2.99. The van der Waals surface area contributed by atoms with Gasteiger partial charge in [-0.1, -0.05) is 0 Å². The van der Waals surface area contributed by atoms with Crippen LogP contribution >= 0.6 is 0 Å². The fourth-order valence-corrected chi connectivity index (χ4v) is 1.81. The Morgan fingerprint density at radius 3 is 1.61 bits per heavy atom. The summed E-state index contributed by atoms with van der Waals surface area (Å²) >= 11 is 0. The number of ether oxygens (including phenoxy) is 7. The zero-order valence-corrected chi connectivity index (χ0v) is 14.5. The molecule has 1 atom stereocenters. The van der Waals surface area contributed by atoms with E-state index in [9.17, 15) is 0 Å². The van der Waals surface area contributed by atoms with Crippen molar-refractivity contribution in [2.45, 2.75) is 26.1 Å². The smallest absolute Gasteiger partial charge is 0.104 e. The SMILES string of the molecule is CC(C)OCC1COCCOCCOCCOCCOCCO1. The van der Waals surface area contributed by atoms with Crippen LogP contribution in [0.1, 0.15) is 13.8 Å². The van der Waals surface area contributed by atoms with Crippen LogP contribution in [0.2, 0.25) is 0 Å². The summed E-state index contributed by atoms with van der Waals surface area (Å²) in [5, 5.41) is 0. The quantitative estimate of drug-likeness (QED) is 0.758. The molecule has 1 rings (SSSR count). The highest BCUT2D eigenvalue weighted by Gasteiger charge is 2.11. The molecule has 0 N–H and O–H groups in total. The minimum atomic E-state index is -0.0977. The van der Waals surface area contributed by atoms with Crippen molar-refractivity contribution in [2.75, 3.05) is 79.3 Å². The minimum Gasteiger partial charge on any atom is -0.377 e. The van der Waals surface area contributed by atoms with Crippen molar-refractivity contribution < 1.29 is 33.2 Å². The van der Waals surface area contributed by atoms with E-state index in [0.717, 1.165) is 0 Å². The topological polar surface area (TPSA) is 64.6 Å². The van der Waals surface area contributed by atoms with Crippen LogP contribution < -0.4 is 0 Å². The van der Waals surface area contributed by atoms with Gasteiger partial charge < -0.3 is 33.2 Å². The summed E-state index contributed by atoms with van der Waals surface area (Å²) in [6, 6.07) is 0. The van der Waals surface area contributed by atoms with Gasteiger partial charge in [-0.25, -0.2) is 0 Å². The molecule has 1 aliphatic rings. The van der Waals surface area contributed by atoms with Gasteiger partial charge in [0, 0.05) is 0 Å². The van der Waals surface area contributed by atoms with Crippen LogP contribution in [0.4, 0.5) is 0 Å². The first-order chi connectivity index (χ1) is 11.3. The van der Waals surface area contributed by atoms with Crippen LogP contribution in [0.3, 0.4) is 0 Å². The van der Waals surface area contributed by atoms with Crippen molar-refractivity contribution in [1.29, 1.82) is 0 Å². The average Bonchev–Trinajstić information content (AvgIpc) is 2.53. The summed E-state index contributed by atoms with van der Waals surface area (Å²) in [4.78, 5) is 0. The van der Waals surface area contributed by atoms with Gasteiger partial charge in [0.2, 0.25) is 0 Å². The normalized spacial score (nSPS) is 24.9. The lowest BCUT2D eigenvalue weighted by atomic mass is 10.4. The van der Waals surface area contributed by atoms with Crippen molar-refractivity contribution in [3.63, 3.8) is 0 Å². The molecule has 23 heavy (non-hydrogen) atoms. The Hall–Kier alpha value is -0.280. The Morgan fingerprint density at radius 2 is 1.13 bits per heavy atom. The maximum Gasteiger partial charge on any atom is 0.104 e. The zero-order valence-electron chi connectivity index (χ0n) is 14.5. The molecule has 1 fully saturated rings. The predicted octanol–water partition coefficient (Wildman–Crippen LogP) is 0.893. The second-order valence-electron chi connectivity index (χ2n) is 5.40. The molecule has 0 amide bonds. The lowest BCUT2D eigenvalue weighted by Crippen LogP contribution is -2.29. The standard InChI is InChI=1S/C16H32O7/c1-15(2)23-14-16-13-21-10-9-19-6-5-17-3-4-18-7-8-20-11-12-22-16/h15-16H,3-14H2,1-2H3. The second-order valence-corrected chi connectivity index (χ2v) is 5.40. The molecule has 0 aromatic heterocycles. The maximum absolute atomic E-state index is 5.76. The van der Waals surface area contributed by atoms with Gasteiger partial charge in [-0.05, 0) is 13.8 Å². The van der Waals surface area contributed by atoms with Crippen LogP contribution in [0.15, 0.2) is 0 Å². The highest BCUT2D eigenvalue weighted by molar-refractivity contribution is 4.57. The van der Waals surface area contributed by atoms with Gasteiger partial charge in [0.05, 0.1) is 85.4 Å². The Balaban J connectivity index is 2.24. The Kier molecular flexibility index (Phi) is 13.8. The fourth-order valence-electron chi connectivity index (χ4n) is 1.81. The molecule has 0 radical (unpaired) electrons. The highest BCUT2D eigenvalue weighted by Crippen LogP contribution is 1.99. The largest absolute Gasteiger partial charge is 0.377 e. The molecule has 0 spiro atoms. The Morgan fingerprint density at radius 1 is 0.696 bits per heavy atom. The number of hydrogen-bond donors (Lipinski definition) is 0. The molecule has 0 saturated carbocycles. The minimum absolute atomic E-state index is 0.0977. The summed E-state index contributed by atoms with van der Waals surface area (Å²) < 4.78 is 38.6. The van der Waals surface area contributed by atoms with Crippen molar-refractivity contribution in [3.8, 4) is 0 Å². The highest BCUT2D eigenvalue weighted by atomic mass is 16.6. The first kappa shape index (κ1) is 20.8. The maximum atomic E-state index is 5.76. The lowest BCUT2D eigenvalue weighted by molar-refractivity contribution is -0.0917. The van der Waals surface area contributed by atoms with Crippen LogP contribution in [0, 0.1) is 0 Å². The molecular weight excluding hydrogens is 304 g/mol. The van der Waals surface area contributed by atoms with Crippen molar-refractivity contribution in [2.24, 2.45) is 0 Å². The van der Waals surface area contributed by atoms with E-state index in [1.807, 2.05) is 13.8 Å². The van der Waals surface area contributed by atoms with Crippen molar-refractivity contribution in [1.82, 2.24) is 0 Å². The average molecular weight is 336 g/mol. The van der Waals surface area contributed by atoms with Crippen molar-refractivity contribution >= 4 is 0 Å². The molecule has 1 aliphatic heterocycles. The predicted molar refractivity (Wildman–Crippen MR) is 84.9 cm³/mol. The van der Waals surface area contributed by atoms with E-state index in [4.69, 9.17) is 33.2 Å². The molecule has 138 valence electrons. The molecule has 1 unspecified atom stereocenters. The fraction of sp³-hybridized carbons (Fsp3) is 1.00. The van der Waals surface area contributed by atoms with Gasteiger partial charge in [0.15, 0.2) is 0 Å². The summed E-state index contributed by atoms with van der Waals surface area (Å²) in [5.41, 5.74) is 0. The van der Waals surface area contributed by atoms with Gasteiger partial charge in [0.1, 0.15) is 6.10 Å². The Labute approximate surface area is 139 Å². The lowest BCUT2D eigenvalue weighted by Gasteiger charge is -2.20. The second kappa shape index (κ2) is 15.3. The number of hydrogen-bond acceptors (Lipinski definition) is 7. The van der Waals surface area contributed by atoms with Crippen LogP contribution in [-0.4, -0.2) is 91.5 Å². The molecule has 0 aliphatic carbocycles.